The lowest BCUT2D eigenvalue weighted by Gasteiger charge is -2.25. The summed E-state index contributed by atoms with van der Waals surface area (Å²) in [6.45, 7) is 0. The van der Waals surface area contributed by atoms with Crippen molar-refractivity contribution in [3.05, 3.63) is 124 Å². The van der Waals surface area contributed by atoms with E-state index < -0.39 is 0 Å². The maximum Gasteiger partial charge on any atom is 0.193 e. The molecular weight excluding hydrogens is 457 g/mol. The Morgan fingerprint density at radius 2 is 0.929 bits per heavy atom. The zero-order valence-corrected chi connectivity index (χ0v) is 17.3. The highest BCUT2D eigenvalue weighted by Crippen LogP contribution is 2.34. The van der Waals surface area contributed by atoms with Crippen LogP contribution in [0.2, 0.25) is 0 Å². The van der Waals surface area contributed by atoms with E-state index in [0.717, 1.165) is 20.6 Å². The highest BCUT2D eigenvalue weighted by Gasteiger charge is 2.13. The minimum Gasteiger partial charge on any atom is -0.311 e. The largest absolute Gasteiger partial charge is 0.311 e. The van der Waals surface area contributed by atoms with Crippen molar-refractivity contribution >= 4 is 45.4 Å². The highest BCUT2D eigenvalue weighted by molar-refractivity contribution is 14.1. The van der Waals surface area contributed by atoms with Crippen LogP contribution in [0.25, 0.3) is 0 Å². The van der Waals surface area contributed by atoms with Gasteiger partial charge < -0.3 is 4.90 Å². The number of rotatable bonds is 5. The SMILES string of the molecule is O=C(c1ccc(I)cc1)c1ccc(N(c2ccccc2)c2ccccc2)cc1. The number of carbonyl (C=O) groups excluding carboxylic acids is 1. The van der Waals surface area contributed by atoms with Crippen LogP contribution in [0.1, 0.15) is 15.9 Å². The van der Waals surface area contributed by atoms with Crippen LogP contribution in [0.3, 0.4) is 0 Å². The van der Waals surface area contributed by atoms with Crippen molar-refractivity contribution in [2.45, 2.75) is 0 Å². The molecule has 0 radical (unpaired) electrons. The molecule has 0 fully saturated rings. The predicted molar refractivity (Wildman–Crippen MR) is 124 cm³/mol. The number of hydrogen-bond donors (Lipinski definition) is 0. The number of benzene rings is 4. The van der Waals surface area contributed by atoms with Crippen molar-refractivity contribution in [1.29, 1.82) is 0 Å². The summed E-state index contributed by atoms with van der Waals surface area (Å²) in [6, 6.07) is 35.9. The van der Waals surface area contributed by atoms with Crippen LogP contribution < -0.4 is 4.90 Å². The summed E-state index contributed by atoms with van der Waals surface area (Å²) in [5.74, 6) is 0.0360. The van der Waals surface area contributed by atoms with E-state index in [2.05, 4.69) is 51.8 Å². The van der Waals surface area contributed by atoms with E-state index in [-0.39, 0.29) is 5.78 Å². The van der Waals surface area contributed by atoms with E-state index in [1.807, 2.05) is 84.9 Å². The second-order valence-electron chi connectivity index (χ2n) is 6.39. The predicted octanol–water partition coefficient (Wildman–Crippen LogP) is 6.99. The molecule has 0 aliphatic heterocycles. The Kier molecular flexibility index (Phi) is 5.53. The molecule has 2 nitrogen and oxygen atoms in total. The van der Waals surface area contributed by atoms with Crippen LogP contribution in [0.5, 0.6) is 0 Å². The van der Waals surface area contributed by atoms with Crippen molar-refractivity contribution in [2.75, 3.05) is 4.90 Å². The number of ketones is 1. The zero-order valence-electron chi connectivity index (χ0n) is 15.1. The van der Waals surface area contributed by atoms with Gasteiger partial charge in [0.05, 0.1) is 0 Å². The molecule has 4 rings (SSSR count). The summed E-state index contributed by atoms with van der Waals surface area (Å²) in [5.41, 5.74) is 4.55. The summed E-state index contributed by atoms with van der Waals surface area (Å²) in [7, 11) is 0. The van der Waals surface area contributed by atoms with Gasteiger partial charge in [-0.05, 0) is 95.4 Å². The molecular formula is C25H18INO. The molecule has 4 aromatic carbocycles. The molecule has 136 valence electrons. The topological polar surface area (TPSA) is 20.3 Å². The Hall–Kier alpha value is -2.92. The lowest BCUT2D eigenvalue weighted by molar-refractivity contribution is 0.103. The van der Waals surface area contributed by atoms with Gasteiger partial charge in [0, 0.05) is 31.8 Å². The van der Waals surface area contributed by atoms with Gasteiger partial charge in [0.25, 0.3) is 0 Å². The third kappa shape index (κ3) is 3.99. The minimum atomic E-state index is 0.0360. The second-order valence-corrected chi connectivity index (χ2v) is 7.64. The molecule has 3 heteroatoms. The average Bonchev–Trinajstić information content (AvgIpc) is 2.76. The van der Waals surface area contributed by atoms with Crippen molar-refractivity contribution in [3.8, 4) is 0 Å². The summed E-state index contributed by atoms with van der Waals surface area (Å²) in [5, 5.41) is 0. The summed E-state index contributed by atoms with van der Waals surface area (Å²) in [4.78, 5) is 14.9. The maximum absolute atomic E-state index is 12.8. The Balaban J connectivity index is 1.69. The molecule has 4 aromatic rings. The first kappa shape index (κ1) is 18.4. The molecule has 0 heterocycles. The number of para-hydroxylation sites is 2. The Bertz CT molecular complexity index is 1020. The molecule has 0 atom stereocenters. The van der Waals surface area contributed by atoms with Gasteiger partial charge in [-0.15, -0.1) is 0 Å². The van der Waals surface area contributed by atoms with E-state index >= 15 is 0 Å². The lowest BCUT2D eigenvalue weighted by Crippen LogP contribution is -2.10. The first-order valence-electron chi connectivity index (χ1n) is 9.03. The third-order valence-electron chi connectivity index (χ3n) is 4.52. The summed E-state index contributed by atoms with van der Waals surface area (Å²) < 4.78 is 1.12. The Morgan fingerprint density at radius 3 is 1.39 bits per heavy atom. The van der Waals surface area contributed by atoms with Crippen molar-refractivity contribution < 1.29 is 4.79 Å². The van der Waals surface area contributed by atoms with Gasteiger partial charge in [0.15, 0.2) is 5.78 Å². The molecule has 0 amide bonds. The van der Waals surface area contributed by atoms with Crippen LogP contribution in [-0.2, 0) is 0 Å². The molecule has 0 unspecified atom stereocenters. The van der Waals surface area contributed by atoms with Crippen molar-refractivity contribution in [1.82, 2.24) is 0 Å². The second kappa shape index (κ2) is 8.40. The molecule has 0 N–H and O–H groups in total. The highest BCUT2D eigenvalue weighted by atomic mass is 127. The van der Waals surface area contributed by atoms with Crippen molar-refractivity contribution in [2.24, 2.45) is 0 Å². The van der Waals surface area contributed by atoms with E-state index in [4.69, 9.17) is 0 Å². The Morgan fingerprint density at radius 1 is 0.536 bits per heavy atom. The molecule has 0 saturated heterocycles. The Labute approximate surface area is 178 Å². The molecule has 28 heavy (non-hydrogen) atoms. The van der Waals surface area contributed by atoms with Crippen LogP contribution >= 0.6 is 22.6 Å². The lowest BCUT2D eigenvalue weighted by atomic mass is 10.0. The van der Waals surface area contributed by atoms with E-state index in [1.54, 1.807) is 0 Å². The fraction of sp³-hybridized carbons (Fsp3) is 0. The summed E-state index contributed by atoms with van der Waals surface area (Å²) in [6.07, 6.45) is 0. The number of hydrogen-bond acceptors (Lipinski definition) is 2. The van der Waals surface area contributed by atoms with E-state index in [9.17, 15) is 4.79 Å². The van der Waals surface area contributed by atoms with Crippen LogP contribution in [0, 0.1) is 3.57 Å². The van der Waals surface area contributed by atoms with Gasteiger partial charge in [-0.2, -0.15) is 0 Å². The fourth-order valence-electron chi connectivity index (χ4n) is 3.13. The number of nitrogens with zero attached hydrogens (tertiary/aromatic N) is 1. The van der Waals surface area contributed by atoms with Crippen LogP contribution in [0.15, 0.2) is 109 Å². The van der Waals surface area contributed by atoms with Gasteiger partial charge in [0.2, 0.25) is 0 Å². The fourth-order valence-corrected chi connectivity index (χ4v) is 3.49. The normalized spacial score (nSPS) is 10.5. The summed E-state index contributed by atoms with van der Waals surface area (Å²) >= 11 is 2.24. The number of halogens is 1. The average molecular weight is 475 g/mol. The monoisotopic (exact) mass is 475 g/mol. The molecule has 0 aromatic heterocycles. The number of carbonyl (C=O) groups is 1. The molecule has 0 bridgehead atoms. The minimum absolute atomic E-state index is 0.0360. The number of anilines is 3. The van der Waals surface area contributed by atoms with Crippen molar-refractivity contribution in [3.63, 3.8) is 0 Å². The van der Waals surface area contributed by atoms with Gasteiger partial charge in [0.1, 0.15) is 0 Å². The van der Waals surface area contributed by atoms with Gasteiger partial charge in [-0.1, -0.05) is 36.4 Å². The molecule has 0 aliphatic rings. The first-order valence-corrected chi connectivity index (χ1v) is 10.1. The third-order valence-corrected chi connectivity index (χ3v) is 5.24. The zero-order chi connectivity index (χ0) is 19.3. The van der Waals surface area contributed by atoms with E-state index in [0.29, 0.717) is 11.1 Å². The van der Waals surface area contributed by atoms with E-state index in [1.165, 1.54) is 0 Å². The first-order chi connectivity index (χ1) is 13.7. The van der Waals surface area contributed by atoms with Gasteiger partial charge in [-0.25, -0.2) is 0 Å². The van der Waals surface area contributed by atoms with Crippen LogP contribution in [-0.4, -0.2) is 5.78 Å². The van der Waals surface area contributed by atoms with Gasteiger partial charge in [-0.3, -0.25) is 4.79 Å². The molecule has 0 saturated carbocycles. The maximum atomic E-state index is 12.8. The van der Waals surface area contributed by atoms with Crippen LogP contribution in [0.4, 0.5) is 17.1 Å². The molecule has 0 spiro atoms. The standard InChI is InChI=1S/C25H18INO/c26-21-15-11-19(12-16-21)25(28)20-13-17-24(18-14-20)27(22-7-3-1-4-8-22)23-9-5-2-6-10-23/h1-18H. The smallest absolute Gasteiger partial charge is 0.193 e. The quantitative estimate of drug-likeness (QED) is 0.229. The van der Waals surface area contributed by atoms with Gasteiger partial charge >= 0.3 is 0 Å². The molecule has 0 aliphatic carbocycles.